The Morgan fingerprint density at radius 1 is 0.897 bits per heavy atom. The van der Waals surface area contributed by atoms with Crippen LogP contribution in [-0.2, 0) is 31.8 Å². The monoisotopic (exact) mass is 420 g/mol. The summed E-state index contributed by atoms with van der Waals surface area (Å²) in [6, 6.07) is 14.8. The van der Waals surface area contributed by atoms with E-state index in [9.17, 15) is 28.2 Å². The van der Waals surface area contributed by atoms with Crippen LogP contribution in [0.3, 0.4) is 0 Å². The number of benzene rings is 2. The lowest BCUT2D eigenvalue weighted by Crippen LogP contribution is -2.53. The Morgan fingerprint density at radius 3 is 1.97 bits per heavy atom. The number of carboxylic acid groups (broad SMARTS) is 1. The molecule has 2 aromatic rings. The van der Waals surface area contributed by atoms with Crippen LogP contribution >= 0.6 is 0 Å². The predicted octanol–water partition coefficient (Wildman–Crippen LogP) is 0.669. The minimum atomic E-state index is -3.92. The molecule has 2 atom stereocenters. The third-order valence-corrected chi connectivity index (χ3v) is 5.56. The molecule has 156 valence electrons. The fourth-order valence-electron chi connectivity index (χ4n) is 2.71. The average Bonchev–Trinajstić information content (AvgIpc) is 2.70. The Balaban J connectivity index is 1.97. The molecule has 0 spiro atoms. The lowest BCUT2D eigenvalue weighted by Gasteiger charge is -2.20. The zero-order valence-electron chi connectivity index (χ0n) is 15.7. The number of nitrogens with one attached hydrogen (secondary N) is 2. The Labute approximate surface area is 169 Å². The number of sulfonamides is 1. The van der Waals surface area contributed by atoms with Crippen LogP contribution in [0.25, 0.3) is 0 Å². The van der Waals surface area contributed by atoms with Crippen molar-refractivity contribution in [1.82, 2.24) is 10.0 Å². The van der Waals surface area contributed by atoms with Gasteiger partial charge in [0.15, 0.2) is 0 Å². The first-order valence-electron chi connectivity index (χ1n) is 9.02. The molecule has 9 heteroatoms. The van der Waals surface area contributed by atoms with Crippen molar-refractivity contribution in [3.63, 3.8) is 0 Å². The molecule has 4 N–H and O–H groups in total. The molecule has 8 nitrogen and oxygen atoms in total. The van der Waals surface area contributed by atoms with Crippen molar-refractivity contribution in [1.29, 1.82) is 0 Å². The maximum absolute atomic E-state index is 12.4. The number of rotatable bonds is 11. The maximum atomic E-state index is 12.4. The van der Waals surface area contributed by atoms with Gasteiger partial charge in [-0.05, 0) is 24.0 Å². The van der Waals surface area contributed by atoms with Crippen LogP contribution in [0.2, 0.25) is 0 Å². The molecular weight excluding hydrogens is 396 g/mol. The number of amides is 1. The van der Waals surface area contributed by atoms with E-state index in [0.717, 1.165) is 5.56 Å². The highest BCUT2D eigenvalue weighted by Gasteiger charge is 2.28. The first kappa shape index (κ1) is 22.5. The predicted molar refractivity (Wildman–Crippen MR) is 107 cm³/mol. The zero-order valence-corrected chi connectivity index (χ0v) is 16.5. The number of hydrogen-bond donors (Lipinski definition) is 4. The van der Waals surface area contributed by atoms with Gasteiger partial charge in [0.05, 0.1) is 12.4 Å². The summed E-state index contributed by atoms with van der Waals surface area (Å²) >= 11 is 0. The van der Waals surface area contributed by atoms with Gasteiger partial charge in [-0.15, -0.1) is 0 Å². The highest BCUT2D eigenvalue weighted by molar-refractivity contribution is 7.88. The summed E-state index contributed by atoms with van der Waals surface area (Å²) in [5, 5.41) is 21.1. The molecule has 0 bridgehead atoms. The molecular formula is C20H24N2O6S. The summed E-state index contributed by atoms with van der Waals surface area (Å²) < 4.78 is 26.7. The number of carboxylic acids is 1. The maximum Gasteiger partial charge on any atom is 0.326 e. The minimum absolute atomic E-state index is 0.125. The van der Waals surface area contributed by atoms with Gasteiger partial charge in [-0.2, -0.15) is 0 Å². The van der Waals surface area contributed by atoms with Crippen molar-refractivity contribution in [3.8, 4) is 0 Å². The molecule has 0 aliphatic rings. The van der Waals surface area contributed by atoms with E-state index < -0.39 is 40.6 Å². The second-order valence-electron chi connectivity index (χ2n) is 6.52. The summed E-state index contributed by atoms with van der Waals surface area (Å²) in [5.74, 6) is -2.50. The molecule has 0 aliphatic carbocycles. The number of aliphatic hydroxyl groups is 1. The molecule has 2 rings (SSSR count). The standard InChI is InChI=1S/C20H24N2O6S/c23-13-18(22-29(27,28)14-16-9-5-2-6-10-16)19(24)21-17(20(25)26)12-11-15-7-3-1-4-8-15/h1-10,17-18,22-23H,11-14H2,(H,21,24)(H,25,26)/t17-,18+/m0/s1. The third kappa shape index (κ3) is 7.65. The van der Waals surface area contributed by atoms with Crippen molar-refractivity contribution < 1.29 is 28.2 Å². The lowest BCUT2D eigenvalue weighted by atomic mass is 10.0. The lowest BCUT2D eigenvalue weighted by molar-refractivity contribution is -0.142. The highest BCUT2D eigenvalue weighted by Crippen LogP contribution is 2.07. The largest absolute Gasteiger partial charge is 0.480 e. The van der Waals surface area contributed by atoms with E-state index in [-0.39, 0.29) is 12.2 Å². The molecule has 0 heterocycles. The van der Waals surface area contributed by atoms with Crippen LogP contribution in [0.1, 0.15) is 17.5 Å². The number of hydrogen-bond acceptors (Lipinski definition) is 5. The van der Waals surface area contributed by atoms with Crippen molar-refractivity contribution >= 4 is 21.9 Å². The number of aliphatic carboxylic acids is 1. The van der Waals surface area contributed by atoms with E-state index in [1.54, 1.807) is 30.3 Å². The van der Waals surface area contributed by atoms with Gasteiger partial charge in [-0.25, -0.2) is 17.9 Å². The fourth-order valence-corrected chi connectivity index (χ4v) is 4.04. The van der Waals surface area contributed by atoms with Gasteiger partial charge in [0.2, 0.25) is 15.9 Å². The zero-order chi connectivity index (χ0) is 21.3. The third-order valence-electron chi connectivity index (χ3n) is 4.20. The summed E-state index contributed by atoms with van der Waals surface area (Å²) in [6.45, 7) is -0.801. The highest BCUT2D eigenvalue weighted by atomic mass is 32.2. The number of aryl methyl sites for hydroxylation is 1. The molecule has 0 aromatic heterocycles. The Hall–Kier alpha value is -2.75. The minimum Gasteiger partial charge on any atom is -0.480 e. The molecule has 0 aliphatic heterocycles. The molecule has 0 saturated heterocycles. The molecule has 29 heavy (non-hydrogen) atoms. The van der Waals surface area contributed by atoms with Crippen LogP contribution < -0.4 is 10.0 Å². The van der Waals surface area contributed by atoms with E-state index in [2.05, 4.69) is 10.0 Å². The first-order valence-corrected chi connectivity index (χ1v) is 10.7. The quantitative estimate of drug-likeness (QED) is 0.422. The number of carbonyl (C=O) groups excluding carboxylic acids is 1. The van der Waals surface area contributed by atoms with Gasteiger partial charge in [-0.3, -0.25) is 4.79 Å². The normalized spacial score (nSPS) is 13.4. The summed E-state index contributed by atoms with van der Waals surface area (Å²) in [6.07, 6.45) is 0.543. The van der Waals surface area contributed by atoms with Gasteiger partial charge in [0.25, 0.3) is 0 Å². The molecule has 0 saturated carbocycles. The molecule has 0 unspecified atom stereocenters. The molecule has 0 fully saturated rings. The Kier molecular flexibility index (Phi) is 8.32. The second kappa shape index (κ2) is 10.7. The van der Waals surface area contributed by atoms with Crippen LogP contribution in [0.5, 0.6) is 0 Å². The van der Waals surface area contributed by atoms with Gasteiger partial charge in [0.1, 0.15) is 12.1 Å². The SMILES string of the molecule is O=C(O)[C@H](CCc1ccccc1)NC(=O)[C@@H](CO)NS(=O)(=O)Cc1ccccc1. The molecule has 0 radical (unpaired) electrons. The van der Waals surface area contributed by atoms with Crippen molar-refractivity contribution in [2.45, 2.75) is 30.7 Å². The second-order valence-corrected chi connectivity index (χ2v) is 8.28. The summed E-state index contributed by atoms with van der Waals surface area (Å²) in [7, 11) is -3.92. The average molecular weight is 420 g/mol. The number of carbonyl (C=O) groups is 2. The fraction of sp³-hybridized carbons (Fsp3) is 0.300. The van der Waals surface area contributed by atoms with Crippen LogP contribution in [-0.4, -0.2) is 49.2 Å². The van der Waals surface area contributed by atoms with Crippen molar-refractivity contribution in [3.05, 3.63) is 71.8 Å². The van der Waals surface area contributed by atoms with E-state index >= 15 is 0 Å². The van der Waals surface area contributed by atoms with E-state index in [1.165, 1.54) is 0 Å². The molecule has 1 amide bonds. The van der Waals surface area contributed by atoms with E-state index in [0.29, 0.717) is 12.0 Å². The Morgan fingerprint density at radius 2 is 1.45 bits per heavy atom. The van der Waals surface area contributed by atoms with Crippen molar-refractivity contribution in [2.24, 2.45) is 0 Å². The molecule has 2 aromatic carbocycles. The van der Waals surface area contributed by atoms with Gasteiger partial charge < -0.3 is 15.5 Å². The van der Waals surface area contributed by atoms with Gasteiger partial charge in [-0.1, -0.05) is 60.7 Å². The van der Waals surface area contributed by atoms with Gasteiger partial charge >= 0.3 is 5.97 Å². The smallest absolute Gasteiger partial charge is 0.326 e. The van der Waals surface area contributed by atoms with Crippen LogP contribution in [0, 0.1) is 0 Å². The van der Waals surface area contributed by atoms with Crippen LogP contribution in [0.4, 0.5) is 0 Å². The van der Waals surface area contributed by atoms with E-state index in [4.69, 9.17) is 0 Å². The topological polar surface area (TPSA) is 133 Å². The van der Waals surface area contributed by atoms with Crippen LogP contribution in [0.15, 0.2) is 60.7 Å². The summed E-state index contributed by atoms with van der Waals surface area (Å²) in [4.78, 5) is 23.8. The first-order chi connectivity index (χ1) is 13.8. The van der Waals surface area contributed by atoms with Crippen molar-refractivity contribution in [2.75, 3.05) is 6.61 Å². The Bertz CT molecular complexity index is 903. The van der Waals surface area contributed by atoms with Gasteiger partial charge in [0, 0.05) is 0 Å². The summed E-state index contributed by atoms with van der Waals surface area (Å²) in [5.41, 5.74) is 1.43. The van der Waals surface area contributed by atoms with E-state index in [1.807, 2.05) is 30.3 Å². The number of aliphatic hydroxyl groups excluding tert-OH is 1.